The first-order chi connectivity index (χ1) is 15.2. The van der Waals surface area contributed by atoms with Crippen molar-refractivity contribution in [3.63, 3.8) is 0 Å². The third kappa shape index (κ3) is 4.17. The SMILES string of the molecule is CC[C@@H](c1ccccc1)[C@@H]1CCCN1C(=O)c1csc(-c2cccc(OC)c2OC)n1. The topological polar surface area (TPSA) is 51.7 Å². The molecule has 3 aromatic rings. The highest BCUT2D eigenvalue weighted by atomic mass is 32.1. The second-order valence-corrected chi connectivity index (χ2v) is 8.57. The van der Waals surface area contributed by atoms with Crippen molar-refractivity contribution >= 4 is 17.2 Å². The molecule has 0 unspecified atom stereocenters. The van der Waals surface area contributed by atoms with Crippen LogP contribution in [0.1, 0.15) is 48.2 Å². The van der Waals surface area contributed by atoms with Gasteiger partial charge < -0.3 is 14.4 Å². The molecule has 1 aromatic heterocycles. The standard InChI is InChI=1S/C25H28N2O3S/c1-4-18(17-10-6-5-7-11-17)21-13-9-15-27(21)25(28)20-16-31-24(26-20)19-12-8-14-22(29-2)23(19)30-3/h5-8,10-12,14,16,18,21H,4,9,13,15H2,1-3H3/t18-,21-/m0/s1. The van der Waals surface area contributed by atoms with E-state index in [0.29, 0.717) is 23.1 Å². The van der Waals surface area contributed by atoms with Crippen LogP contribution in [-0.2, 0) is 0 Å². The maximum atomic E-state index is 13.4. The summed E-state index contributed by atoms with van der Waals surface area (Å²) in [7, 11) is 3.23. The van der Waals surface area contributed by atoms with Gasteiger partial charge in [-0.1, -0.05) is 43.3 Å². The fourth-order valence-corrected chi connectivity index (χ4v) is 5.41. The summed E-state index contributed by atoms with van der Waals surface area (Å²) < 4.78 is 11.0. The summed E-state index contributed by atoms with van der Waals surface area (Å²) in [6, 6.07) is 16.4. The van der Waals surface area contributed by atoms with Gasteiger partial charge in [-0.2, -0.15) is 0 Å². The van der Waals surface area contributed by atoms with Crippen LogP contribution >= 0.6 is 11.3 Å². The van der Waals surface area contributed by atoms with Crippen LogP contribution in [0.25, 0.3) is 10.6 Å². The van der Waals surface area contributed by atoms with Crippen LogP contribution in [0.5, 0.6) is 11.5 Å². The molecule has 31 heavy (non-hydrogen) atoms. The molecule has 0 N–H and O–H groups in total. The Balaban J connectivity index is 1.60. The molecule has 0 radical (unpaired) electrons. The summed E-state index contributed by atoms with van der Waals surface area (Å²) >= 11 is 1.46. The fourth-order valence-electron chi connectivity index (χ4n) is 4.59. The van der Waals surface area contributed by atoms with Crippen LogP contribution in [0, 0.1) is 0 Å². The Kier molecular flexibility index (Phi) is 6.56. The molecular weight excluding hydrogens is 408 g/mol. The van der Waals surface area contributed by atoms with Gasteiger partial charge in [-0.3, -0.25) is 4.79 Å². The lowest BCUT2D eigenvalue weighted by molar-refractivity contribution is 0.0709. The highest BCUT2D eigenvalue weighted by Gasteiger charge is 2.36. The van der Waals surface area contributed by atoms with Crippen LogP contribution in [0.4, 0.5) is 0 Å². The molecule has 162 valence electrons. The van der Waals surface area contributed by atoms with Gasteiger partial charge in [-0.05, 0) is 37.0 Å². The number of benzene rings is 2. The van der Waals surface area contributed by atoms with E-state index in [4.69, 9.17) is 14.5 Å². The van der Waals surface area contributed by atoms with E-state index >= 15 is 0 Å². The lowest BCUT2D eigenvalue weighted by atomic mass is 9.87. The van der Waals surface area contributed by atoms with Gasteiger partial charge in [0.2, 0.25) is 0 Å². The van der Waals surface area contributed by atoms with Gasteiger partial charge in [0.1, 0.15) is 10.7 Å². The number of nitrogens with zero attached hydrogens (tertiary/aromatic N) is 2. The number of amides is 1. The first-order valence-electron chi connectivity index (χ1n) is 10.7. The minimum absolute atomic E-state index is 0.0150. The molecule has 1 amide bonds. The number of aromatic nitrogens is 1. The second kappa shape index (κ2) is 9.52. The maximum Gasteiger partial charge on any atom is 0.273 e. The first-order valence-corrected chi connectivity index (χ1v) is 11.6. The van der Waals surface area contributed by atoms with Crippen molar-refractivity contribution in [2.45, 2.75) is 38.1 Å². The fraction of sp³-hybridized carbons (Fsp3) is 0.360. The summed E-state index contributed by atoms with van der Waals surface area (Å²) in [4.78, 5) is 20.2. The summed E-state index contributed by atoms with van der Waals surface area (Å²) in [5.41, 5.74) is 2.63. The number of likely N-dealkylation sites (tertiary alicyclic amines) is 1. The number of methoxy groups -OCH3 is 2. The van der Waals surface area contributed by atoms with E-state index < -0.39 is 0 Å². The molecule has 1 aliphatic rings. The van der Waals surface area contributed by atoms with Gasteiger partial charge in [-0.25, -0.2) is 4.98 Å². The summed E-state index contributed by atoms with van der Waals surface area (Å²) in [5.74, 6) is 1.63. The van der Waals surface area contributed by atoms with Crippen LogP contribution in [0.3, 0.4) is 0 Å². The Bertz CT molecular complexity index is 1030. The zero-order valence-electron chi connectivity index (χ0n) is 18.2. The molecule has 1 aliphatic heterocycles. The number of thiazole rings is 1. The Hall–Kier alpha value is -2.86. The van der Waals surface area contributed by atoms with Crippen molar-refractivity contribution in [3.05, 3.63) is 65.2 Å². The number of para-hydroxylation sites is 1. The Morgan fingerprint density at radius 3 is 2.68 bits per heavy atom. The van der Waals surface area contributed by atoms with Gasteiger partial charge >= 0.3 is 0 Å². The monoisotopic (exact) mass is 436 g/mol. The van der Waals surface area contributed by atoms with Gasteiger partial charge in [0.15, 0.2) is 11.5 Å². The van der Waals surface area contributed by atoms with Crippen molar-refractivity contribution < 1.29 is 14.3 Å². The van der Waals surface area contributed by atoms with Crippen LogP contribution < -0.4 is 9.47 Å². The zero-order chi connectivity index (χ0) is 21.8. The second-order valence-electron chi connectivity index (χ2n) is 7.71. The van der Waals surface area contributed by atoms with Crippen molar-refractivity contribution in [1.82, 2.24) is 9.88 Å². The summed E-state index contributed by atoms with van der Waals surface area (Å²) in [6.45, 7) is 2.98. The number of ether oxygens (including phenoxy) is 2. The van der Waals surface area contributed by atoms with Gasteiger partial charge in [0.25, 0.3) is 5.91 Å². The smallest absolute Gasteiger partial charge is 0.273 e. The van der Waals surface area contributed by atoms with E-state index in [9.17, 15) is 4.79 Å². The predicted octanol–water partition coefficient (Wildman–Crippen LogP) is 5.63. The highest BCUT2D eigenvalue weighted by Crippen LogP contribution is 2.40. The largest absolute Gasteiger partial charge is 0.493 e. The Morgan fingerprint density at radius 1 is 1.16 bits per heavy atom. The number of hydrogen-bond donors (Lipinski definition) is 0. The van der Waals surface area contributed by atoms with E-state index in [-0.39, 0.29) is 11.9 Å². The molecule has 6 heteroatoms. The number of hydrogen-bond acceptors (Lipinski definition) is 5. The van der Waals surface area contributed by atoms with Crippen molar-refractivity contribution in [2.24, 2.45) is 0 Å². The van der Waals surface area contributed by atoms with Crippen molar-refractivity contribution in [2.75, 3.05) is 20.8 Å². The van der Waals surface area contributed by atoms with Crippen molar-refractivity contribution in [3.8, 4) is 22.1 Å². The Labute approximate surface area is 187 Å². The first kappa shape index (κ1) is 21.4. The highest BCUT2D eigenvalue weighted by molar-refractivity contribution is 7.13. The van der Waals surface area contributed by atoms with E-state index in [1.807, 2.05) is 34.5 Å². The van der Waals surface area contributed by atoms with E-state index in [1.165, 1.54) is 16.9 Å². The minimum atomic E-state index is 0.0150. The molecule has 4 rings (SSSR count). The molecular formula is C25H28N2O3S. The molecule has 2 aromatic carbocycles. The van der Waals surface area contributed by atoms with Crippen molar-refractivity contribution in [1.29, 1.82) is 0 Å². The third-order valence-electron chi connectivity index (χ3n) is 6.05. The quantitative estimate of drug-likeness (QED) is 0.482. The summed E-state index contributed by atoms with van der Waals surface area (Å²) in [6.07, 6.45) is 3.06. The minimum Gasteiger partial charge on any atom is -0.493 e. The predicted molar refractivity (Wildman–Crippen MR) is 124 cm³/mol. The van der Waals surface area contributed by atoms with E-state index in [0.717, 1.165) is 36.4 Å². The van der Waals surface area contributed by atoms with E-state index in [1.54, 1.807) is 14.2 Å². The molecule has 2 heterocycles. The lowest BCUT2D eigenvalue weighted by Gasteiger charge is -2.31. The molecule has 0 bridgehead atoms. The third-order valence-corrected chi connectivity index (χ3v) is 6.92. The number of carbonyl (C=O) groups is 1. The average Bonchev–Trinajstić information content (AvgIpc) is 3.50. The number of carbonyl (C=O) groups excluding carboxylic acids is 1. The van der Waals surface area contributed by atoms with E-state index in [2.05, 4.69) is 31.2 Å². The normalized spacial score (nSPS) is 16.9. The molecule has 0 aliphatic carbocycles. The van der Waals surface area contributed by atoms with Crippen LogP contribution in [-0.4, -0.2) is 42.6 Å². The molecule has 5 nitrogen and oxygen atoms in total. The van der Waals surface area contributed by atoms with Gasteiger partial charge in [0, 0.05) is 23.9 Å². The van der Waals surface area contributed by atoms with Gasteiger partial charge in [-0.15, -0.1) is 11.3 Å². The average molecular weight is 437 g/mol. The molecule has 2 atom stereocenters. The van der Waals surface area contributed by atoms with Crippen LogP contribution in [0.15, 0.2) is 53.9 Å². The molecule has 0 spiro atoms. The van der Waals surface area contributed by atoms with Crippen LogP contribution in [0.2, 0.25) is 0 Å². The van der Waals surface area contributed by atoms with Gasteiger partial charge in [0.05, 0.1) is 19.8 Å². The Morgan fingerprint density at radius 2 is 1.97 bits per heavy atom. The summed E-state index contributed by atoms with van der Waals surface area (Å²) in [5, 5.41) is 2.61. The molecule has 1 fully saturated rings. The zero-order valence-corrected chi connectivity index (χ0v) is 19.0. The molecule has 0 saturated carbocycles. The lowest BCUT2D eigenvalue weighted by Crippen LogP contribution is -2.39. The maximum absolute atomic E-state index is 13.4. The number of rotatable bonds is 7. The molecule has 1 saturated heterocycles.